The van der Waals surface area contributed by atoms with Crippen molar-refractivity contribution in [3.05, 3.63) is 29.8 Å². The lowest BCUT2D eigenvalue weighted by molar-refractivity contribution is -0.121. The summed E-state index contributed by atoms with van der Waals surface area (Å²) in [4.78, 5) is 11.7. The predicted octanol–water partition coefficient (Wildman–Crippen LogP) is 1.53. The lowest BCUT2D eigenvalue weighted by atomic mass is 10.1. The van der Waals surface area contributed by atoms with E-state index in [4.69, 9.17) is 14.6 Å². The molecule has 21 heavy (non-hydrogen) atoms. The van der Waals surface area contributed by atoms with Crippen LogP contribution >= 0.6 is 0 Å². The third-order valence-electron chi connectivity index (χ3n) is 2.92. The first-order valence-electron chi connectivity index (χ1n) is 7.44. The fourth-order valence-electron chi connectivity index (χ4n) is 1.91. The molecule has 1 aromatic carbocycles. The molecule has 0 aromatic heterocycles. The summed E-state index contributed by atoms with van der Waals surface area (Å²) in [6.07, 6.45) is 1.87. The summed E-state index contributed by atoms with van der Waals surface area (Å²) >= 11 is 0. The van der Waals surface area contributed by atoms with E-state index in [-0.39, 0.29) is 12.5 Å². The quantitative estimate of drug-likeness (QED) is 0.608. The molecular weight excluding hydrogens is 270 g/mol. The molecule has 5 nitrogen and oxygen atoms in total. The lowest BCUT2D eigenvalue weighted by Crippen LogP contribution is -2.25. The monoisotopic (exact) mass is 295 g/mol. The summed E-state index contributed by atoms with van der Waals surface area (Å²) in [5.74, 6) is 0.883. The van der Waals surface area contributed by atoms with Crippen LogP contribution in [0.25, 0.3) is 0 Å². The van der Waals surface area contributed by atoms with Crippen molar-refractivity contribution in [1.82, 2.24) is 5.32 Å². The van der Waals surface area contributed by atoms with Crippen LogP contribution in [0.3, 0.4) is 0 Å². The molecule has 0 saturated heterocycles. The van der Waals surface area contributed by atoms with Crippen molar-refractivity contribution < 1.29 is 19.4 Å². The molecule has 0 radical (unpaired) electrons. The molecule has 1 amide bonds. The van der Waals surface area contributed by atoms with Crippen molar-refractivity contribution >= 4 is 5.91 Å². The molecule has 0 heterocycles. The van der Waals surface area contributed by atoms with Crippen LogP contribution in [-0.2, 0) is 16.0 Å². The van der Waals surface area contributed by atoms with E-state index in [0.29, 0.717) is 39.2 Å². The van der Waals surface area contributed by atoms with Gasteiger partial charge in [0.25, 0.3) is 0 Å². The minimum Gasteiger partial charge on any atom is -0.494 e. The van der Waals surface area contributed by atoms with Crippen LogP contribution < -0.4 is 10.1 Å². The van der Waals surface area contributed by atoms with Crippen molar-refractivity contribution in [2.45, 2.75) is 26.2 Å². The second kappa shape index (κ2) is 11.1. The molecule has 0 fully saturated rings. The minimum absolute atomic E-state index is 0.0310. The van der Waals surface area contributed by atoms with Gasteiger partial charge in [0.2, 0.25) is 5.91 Å². The van der Waals surface area contributed by atoms with Crippen molar-refractivity contribution in [3.8, 4) is 5.75 Å². The number of aliphatic hydroxyl groups excluding tert-OH is 1. The molecule has 0 atom stereocenters. The van der Waals surface area contributed by atoms with Gasteiger partial charge >= 0.3 is 0 Å². The number of carbonyl (C=O) groups excluding carboxylic acids is 1. The van der Waals surface area contributed by atoms with Crippen LogP contribution in [-0.4, -0.2) is 44.0 Å². The highest BCUT2D eigenvalue weighted by atomic mass is 16.5. The van der Waals surface area contributed by atoms with Crippen molar-refractivity contribution in [3.63, 3.8) is 0 Å². The van der Waals surface area contributed by atoms with Gasteiger partial charge in [0.15, 0.2) is 0 Å². The van der Waals surface area contributed by atoms with E-state index in [1.165, 1.54) is 0 Å². The predicted molar refractivity (Wildman–Crippen MR) is 81.5 cm³/mol. The lowest BCUT2D eigenvalue weighted by Gasteiger charge is -2.10. The van der Waals surface area contributed by atoms with Crippen LogP contribution in [0.1, 0.15) is 25.3 Å². The number of aryl methyl sites for hydroxylation is 1. The fourth-order valence-corrected chi connectivity index (χ4v) is 1.91. The van der Waals surface area contributed by atoms with Gasteiger partial charge in [-0.1, -0.05) is 18.2 Å². The van der Waals surface area contributed by atoms with Gasteiger partial charge in [-0.05, 0) is 31.4 Å². The number of hydrogen-bond acceptors (Lipinski definition) is 4. The largest absolute Gasteiger partial charge is 0.494 e. The first-order valence-corrected chi connectivity index (χ1v) is 7.44. The smallest absolute Gasteiger partial charge is 0.220 e. The molecule has 0 unspecified atom stereocenters. The standard InChI is InChI=1S/C16H25NO4/c1-2-21-15-7-4-3-6-14(15)8-9-16(19)17-10-5-12-20-13-11-18/h3-4,6-7,18H,2,5,8-13H2,1H3,(H,17,19). The van der Waals surface area contributed by atoms with Crippen LogP contribution in [0.5, 0.6) is 5.75 Å². The third kappa shape index (κ3) is 7.68. The number of amides is 1. The summed E-state index contributed by atoms with van der Waals surface area (Å²) in [6.45, 7) is 4.10. The highest BCUT2D eigenvalue weighted by Crippen LogP contribution is 2.19. The number of aliphatic hydroxyl groups is 1. The summed E-state index contributed by atoms with van der Waals surface area (Å²) < 4.78 is 10.7. The Labute approximate surface area is 126 Å². The Morgan fingerprint density at radius 3 is 2.86 bits per heavy atom. The van der Waals surface area contributed by atoms with E-state index in [0.717, 1.165) is 17.7 Å². The maximum absolute atomic E-state index is 11.7. The van der Waals surface area contributed by atoms with Crippen LogP contribution in [0.15, 0.2) is 24.3 Å². The van der Waals surface area contributed by atoms with Gasteiger partial charge in [0, 0.05) is 19.6 Å². The fraction of sp³-hybridized carbons (Fsp3) is 0.562. The second-order valence-corrected chi connectivity index (χ2v) is 4.58. The zero-order valence-electron chi connectivity index (χ0n) is 12.6. The highest BCUT2D eigenvalue weighted by Gasteiger charge is 2.06. The topological polar surface area (TPSA) is 67.8 Å². The van der Waals surface area contributed by atoms with Gasteiger partial charge in [-0.25, -0.2) is 0 Å². The molecule has 0 aliphatic carbocycles. The Bertz CT molecular complexity index is 409. The second-order valence-electron chi connectivity index (χ2n) is 4.58. The Morgan fingerprint density at radius 2 is 2.10 bits per heavy atom. The molecule has 1 aromatic rings. The van der Waals surface area contributed by atoms with Gasteiger partial charge in [-0.3, -0.25) is 4.79 Å². The van der Waals surface area contributed by atoms with E-state index < -0.39 is 0 Å². The normalized spacial score (nSPS) is 10.4. The maximum atomic E-state index is 11.7. The first kappa shape index (κ1) is 17.5. The summed E-state index contributed by atoms with van der Waals surface area (Å²) in [6, 6.07) is 7.80. The number of nitrogens with one attached hydrogen (secondary N) is 1. The summed E-state index contributed by atoms with van der Waals surface area (Å²) in [7, 11) is 0. The van der Waals surface area contributed by atoms with E-state index in [1.807, 2.05) is 31.2 Å². The van der Waals surface area contributed by atoms with E-state index in [2.05, 4.69) is 5.32 Å². The minimum atomic E-state index is 0.0310. The van der Waals surface area contributed by atoms with Crippen molar-refractivity contribution in [2.75, 3.05) is 33.0 Å². The summed E-state index contributed by atoms with van der Waals surface area (Å²) in [5.41, 5.74) is 1.06. The number of ether oxygens (including phenoxy) is 2. The molecule has 0 aliphatic rings. The first-order chi connectivity index (χ1) is 10.3. The zero-order valence-corrected chi connectivity index (χ0v) is 12.6. The molecule has 118 valence electrons. The SMILES string of the molecule is CCOc1ccccc1CCC(=O)NCCCOCCO. The van der Waals surface area contributed by atoms with Gasteiger partial charge < -0.3 is 19.9 Å². The Balaban J connectivity index is 2.21. The zero-order chi connectivity index (χ0) is 15.3. The molecule has 0 aliphatic heterocycles. The number of carbonyl (C=O) groups is 1. The maximum Gasteiger partial charge on any atom is 0.220 e. The van der Waals surface area contributed by atoms with E-state index in [1.54, 1.807) is 0 Å². The number of para-hydroxylation sites is 1. The van der Waals surface area contributed by atoms with Crippen molar-refractivity contribution in [2.24, 2.45) is 0 Å². The van der Waals surface area contributed by atoms with Gasteiger partial charge in [-0.15, -0.1) is 0 Å². The van der Waals surface area contributed by atoms with Crippen LogP contribution in [0, 0.1) is 0 Å². The summed E-state index contributed by atoms with van der Waals surface area (Å²) in [5, 5.41) is 11.4. The van der Waals surface area contributed by atoms with Crippen LogP contribution in [0.2, 0.25) is 0 Å². The molecule has 2 N–H and O–H groups in total. The van der Waals surface area contributed by atoms with Gasteiger partial charge in [0.05, 0.1) is 19.8 Å². The average molecular weight is 295 g/mol. The molecular formula is C16H25NO4. The van der Waals surface area contributed by atoms with Gasteiger partial charge in [-0.2, -0.15) is 0 Å². The number of benzene rings is 1. The Hall–Kier alpha value is -1.59. The Kier molecular flexibility index (Phi) is 9.24. The highest BCUT2D eigenvalue weighted by molar-refractivity contribution is 5.76. The third-order valence-corrected chi connectivity index (χ3v) is 2.92. The molecule has 0 saturated carbocycles. The Morgan fingerprint density at radius 1 is 1.29 bits per heavy atom. The van der Waals surface area contributed by atoms with E-state index >= 15 is 0 Å². The molecule has 0 spiro atoms. The molecule has 0 bridgehead atoms. The van der Waals surface area contributed by atoms with Crippen molar-refractivity contribution in [1.29, 1.82) is 0 Å². The number of rotatable bonds is 11. The number of hydrogen-bond donors (Lipinski definition) is 2. The van der Waals surface area contributed by atoms with Crippen LogP contribution in [0.4, 0.5) is 0 Å². The van der Waals surface area contributed by atoms with E-state index in [9.17, 15) is 4.79 Å². The molecule has 1 rings (SSSR count). The molecule has 5 heteroatoms. The average Bonchev–Trinajstić information content (AvgIpc) is 2.50. The van der Waals surface area contributed by atoms with Gasteiger partial charge in [0.1, 0.15) is 5.75 Å².